The molecule has 0 aliphatic heterocycles. The smallest absolute Gasteiger partial charge is 0.416 e. The Hall–Kier alpha value is -0.240. The zero-order chi connectivity index (χ0) is 15.7. The van der Waals surface area contributed by atoms with Crippen molar-refractivity contribution in [2.75, 3.05) is 7.05 Å². The van der Waals surface area contributed by atoms with Crippen LogP contribution in [-0.2, 0) is 24.1 Å². The lowest BCUT2D eigenvalue weighted by Gasteiger charge is -2.30. The van der Waals surface area contributed by atoms with Crippen molar-refractivity contribution in [2.24, 2.45) is 0 Å². The van der Waals surface area contributed by atoms with Crippen molar-refractivity contribution in [3.63, 3.8) is 0 Å². The van der Waals surface area contributed by atoms with Crippen molar-refractivity contribution in [3.8, 4) is 0 Å². The van der Waals surface area contributed by atoms with Crippen LogP contribution in [0.2, 0.25) is 0 Å². The normalized spacial score (nSPS) is 14.7. The van der Waals surface area contributed by atoms with Crippen LogP contribution in [-0.4, -0.2) is 20.7 Å². The summed E-state index contributed by atoms with van der Waals surface area (Å²) >= 11 is 1.80. The Morgan fingerprint density at radius 2 is 1.75 bits per heavy atom. The second-order valence-electron chi connectivity index (χ2n) is 5.49. The first kappa shape index (κ1) is 17.8. The lowest BCUT2D eigenvalue weighted by atomic mass is 10.1. The SMILES string of the molecule is CN(Cc1cc(Br)cc(C(F)(F)F)c1)[S+]([O-])C(C)(C)C. The summed E-state index contributed by atoms with van der Waals surface area (Å²) in [5, 5.41) is 0. The average molecular weight is 372 g/mol. The maximum absolute atomic E-state index is 12.7. The number of alkyl halides is 3. The van der Waals surface area contributed by atoms with Crippen molar-refractivity contribution in [3.05, 3.63) is 33.8 Å². The summed E-state index contributed by atoms with van der Waals surface area (Å²) in [4.78, 5) is 0. The van der Waals surface area contributed by atoms with Gasteiger partial charge in [-0.15, -0.1) is 4.31 Å². The number of benzene rings is 1. The van der Waals surface area contributed by atoms with Gasteiger partial charge in [0.1, 0.15) is 4.75 Å². The van der Waals surface area contributed by atoms with Crippen LogP contribution < -0.4 is 0 Å². The topological polar surface area (TPSA) is 26.3 Å². The third-order valence-electron chi connectivity index (χ3n) is 2.50. The molecule has 1 atom stereocenters. The van der Waals surface area contributed by atoms with E-state index in [2.05, 4.69) is 15.9 Å². The quantitative estimate of drug-likeness (QED) is 0.737. The molecule has 0 N–H and O–H groups in total. The van der Waals surface area contributed by atoms with E-state index in [1.807, 2.05) is 20.8 Å². The third kappa shape index (κ3) is 4.95. The van der Waals surface area contributed by atoms with Crippen LogP contribution in [0.15, 0.2) is 22.7 Å². The first-order chi connectivity index (χ1) is 8.91. The van der Waals surface area contributed by atoms with Gasteiger partial charge in [0.2, 0.25) is 0 Å². The fourth-order valence-electron chi connectivity index (χ4n) is 1.69. The molecule has 0 amide bonds. The molecule has 1 aromatic carbocycles. The van der Waals surface area contributed by atoms with E-state index in [-0.39, 0.29) is 6.54 Å². The second kappa shape index (κ2) is 6.25. The van der Waals surface area contributed by atoms with Gasteiger partial charge in [-0.3, -0.25) is 0 Å². The van der Waals surface area contributed by atoms with E-state index in [0.717, 1.165) is 12.1 Å². The maximum atomic E-state index is 12.7. The molecule has 0 fully saturated rings. The Kier molecular flexibility index (Phi) is 5.57. The van der Waals surface area contributed by atoms with Crippen LogP contribution in [0.25, 0.3) is 0 Å². The van der Waals surface area contributed by atoms with Crippen molar-refractivity contribution < 1.29 is 17.7 Å². The Balaban J connectivity index is 2.96. The second-order valence-corrected chi connectivity index (χ2v) is 8.76. The first-order valence-corrected chi connectivity index (χ1v) is 7.81. The van der Waals surface area contributed by atoms with Gasteiger partial charge in [-0.25, -0.2) is 0 Å². The van der Waals surface area contributed by atoms with Crippen LogP contribution in [0.5, 0.6) is 0 Å². The molecule has 1 aromatic rings. The van der Waals surface area contributed by atoms with Gasteiger partial charge in [-0.2, -0.15) is 13.2 Å². The van der Waals surface area contributed by atoms with Gasteiger partial charge < -0.3 is 4.55 Å². The van der Waals surface area contributed by atoms with Crippen LogP contribution in [0.3, 0.4) is 0 Å². The summed E-state index contributed by atoms with van der Waals surface area (Å²) in [5.74, 6) is 0. The minimum Gasteiger partial charge on any atom is -0.597 e. The molecule has 2 nitrogen and oxygen atoms in total. The van der Waals surface area contributed by atoms with Gasteiger partial charge >= 0.3 is 6.18 Å². The number of hydrogen-bond acceptors (Lipinski definition) is 2. The number of hydrogen-bond donors (Lipinski definition) is 0. The third-order valence-corrected chi connectivity index (χ3v) is 4.70. The summed E-state index contributed by atoms with van der Waals surface area (Å²) in [6, 6.07) is 3.72. The zero-order valence-corrected chi connectivity index (χ0v) is 14.1. The summed E-state index contributed by atoms with van der Waals surface area (Å²) in [6.07, 6.45) is -4.39. The Labute approximate surface area is 128 Å². The number of nitrogens with zero attached hydrogens (tertiary/aromatic N) is 1. The molecule has 7 heteroatoms. The average Bonchev–Trinajstić information content (AvgIpc) is 2.24. The van der Waals surface area contributed by atoms with Gasteiger partial charge in [0.25, 0.3) is 0 Å². The van der Waals surface area contributed by atoms with E-state index in [1.165, 1.54) is 0 Å². The molecule has 1 unspecified atom stereocenters. The molecule has 0 spiro atoms. The Morgan fingerprint density at radius 1 is 1.20 bits per heavy atom. The van der Waals surface area contributed by atoms with Gasteiger partial charge in [0.15, 0.2) is 0 Å². The predicted molar refractivity (Wildman–Crippen MR) is 78.5 cm³/mol. The van der Waals surface area contributed by atoms with Crippen molar-refractivity contribution in [1.82, 2.24) is 4.31 Å². The first-order valence-electron chi connectivity index (χ1n) is 5.91. The summed E-state index contributed by atoms with van der Waals surface area (Å²) in [7, 11) is 1.63. The molecule has 0 saturated carbocycles. The van der Waals surface area contributed by atoms with Gasteiger partial charge in [0.05, 0.1) is 12.1 Å². The molecule has 0 aliphatic rings. The molecule has 0 aliphatic carbocycles. The van der Waals surface area contributed by atoms with E-state index < -0.39 is 27.8 Å². The molecule has 0 saturated heterocycles. The van der Waals surface area contributed by atoms with Crippen LogP contribution in [0.1, 0.15) is 31.9 Å². The largest absolute Gasteiger partial charge is 0.597 e. The van der Waals surface area contributed by atoms with E-state index in [4.69, 9.17) is 0 Å². The van der Waals surface area contributed by atoms with Gasteiger partial charge in [-0.05, 0) is 44.5 Å². The molecule has 0 bridgehead atoms. The molecule has 20 heavy (non-hydrogen) atoms. The van der Waals surface area contributed by atoms with E-state index in [0.29, 0.717) is 10.0 Å². The van der Waals surface area contributed by atoms with Crippen LogP contribution in [0.4, 0.5) is 13.2 Å². The summed E-state index contributed by atoms with van der Waals surface area (Å²) in [5.41, 5.74) is -0.247. The van der Waals surface area contributed by atoms with Crippen LogP contribution >= 0.6 is 15.9 Å². The summed E-state index contributed by atoms with van der Waals surface area (Å²) in [6.45, 7) is 5.65. The van der Waals surface area contributed by atoms with Crippen LogP contribution in [0, 0.1) is 0 Å². The zero-order valence-electron chi connectivity index (χ0n) is 11.7. The van der Waals surface area contributed by atoms with E-state index in [9.17, 15) is 17.7 Å². The highest BCUT2D eigenvalue weighted by atomic mass is 79.9. The molecule has 0 aromatic heterocycles. The number of halogens is 4. The lowest BCUT2D eigenvalue weighted by Crippen LogP contribution is -2.40. The Bertz CT molecular complexity index is 474. The minimum atomic E-state index is -4.39. The fraction of sp³-hybridized carbons (Fsp3) is 0.538. The van der Waals surface area contributed by atoms with E-state index >= 15 is 0 Å². The molecule has 0 radical (unpaired) electrons. The highest BCUT2D eigenvalue weighted by Gasteiger charge is 2.33. The molecule has 0 heterocycles. The Morgan fingerprint density at radius 3 is 2.20 bits per heavy atom. The highest BCUT2D eigenvalue weighted by molar-refractivity contribution is 9.10. The standard InChI is InChI=1S/C13H17BrF3NOS/c1-12(2,3)20(19)18(4)8-9-5-10(13(15,16)17)7-11(14)6-9/h5-7H,8H2,1-4H3. The fourth-order valence-corrected chi connectivity index (χ4v) is 3.43. The molecule has 114 valence electrons. The van der Waals surface area contributed by atoms with Crippen molar-refractivity contribution in [2.45, 2.75) is 38.2 Å². The summed E-state index contributed by atoms with van der Waals surface area (Å²) < 4.78 is 51.8. The molecular formula is C13H17BrF3NOS. The van der Waals surface area contributed by atoms with Gasteiger partial charge in [0, 0.05) is 22.9 Å². The molecule has 1 rings (SSSR count). The van der Waals surface area contributed by atoms with Gasteiger partial charge in [-0.1, -0.05) is 15.9 Å². The lowest BCUT2D eigenvalue weighted by molar-refractivity contribution is -0.137. The maximum Gasteiger partial charge on any atom is 0.416 e. The van der Waals surface area contributed by atoms with Crippen molar-refractivity contribution in [1.29, 1.82) is 0 Å². The van der Waals surface area contributed by atoms with E-state index in [1.54, 1.807) is 17.4 Å². The number of rotatable bonds is 3. The minimum absolute atomic E-state index is 0.187. The predicted octanol–water partition coefficient (Wildman–Crippen LogP) is 4.36. The van der Waals surface area contributed by atoms with Crippen molar-refractivity contribution >= 4 is 27.3 Å². The highest BCUT2D eigenvalue weighted by Crippen LogP contribution is 2.32. The molecular weight excluding hydrogens is 355 g/mol. The monoisotopic (exact) mass is 371 g/mol.